The molecule has 0 saturated heterocycles. The van der Waals surface area contributed by atoms with Crippen LogP contribution in [0, 0.1) is 11.3 Å². The highest BCUT2D eigenvalue weighted by Crippen LogP contribution is 2.61. The van der Waals surface area contributed by atoms with Gasteiger partial charge >= 0.3 is 6.01 Å². The third-order valence-electron chi connectivity index (χ3n) is 3.51. The number of hydrogen-bond acceptors (Lipinski definition) is 4. The highest BCUT2D eigenvalue weighted by molar-refractivity contribution is 6.16. The highest BCUT2D eigenvalue weighted by atomic mass is 35.5. The zero-order valence-corrected chi connectivity index (χ0v) is 9.26. The van der Waals surface area contributed by atoms with Gasteiger partial charge < -0.3 is 9.73 Å². The molecule has 15 heavy (non-hydrogen) atoms. The molecule has 1 heterocycles. The quantitative estimate of drug-likeness (QED) is 0.785. The Morgan fingerprint density at radius 1 is 1.40 bits per heavy atom. The maximum Gasteiger partial charge on any atom is 0.315 e. The van der Waals surface area contributed by atoms with Crippen LogP contribution in [-0.2, 0) is 5.88 Å². The predicted octanol–water partition coefficient (Wildman–Crippen LogP) is 2.41. The van der Waals surface area contributed by atoms with Gasteiger partial charge in [0.1, 0.15) is 5.88 Å². The monoisotopic (exact) mass is 227 g/mol. The lowest BCUT2D eigenvalue weighted by atomic mass is 10.0. The summed E-state index contributed by atoms with van der Waals surface area (Å²) < 4.78 is 5.29. The molecule has 0 bridgehead atoms. The van der Waals surface area contributed by atoms with Crippen molar-refractivity contribution in [2.45, 2.75) is 31.6 Å². The maximum atomic E-state index is 5.58. The molecule has 2 fully saturated rings. The molecule has 2 saturated carbocycles. The molecule has 0 unspecified atom stereocenters. The van der Waals surface area contributed by atoms with Gasteiger partial charge in [-0.1, -0.05) is 5.10 Å². The molecule has 2 aliphatic carbocycles. The third-order valence-corrected chi connectivity index (χ3v) is 3.74. The first-order chi connectivity index (χ1) is 7.32. The molecule has 0 aromatic carbocycles. The van der Waals surface area contributed by atoms with Crippen LogP contribution < -0.4 is 5.32 Å². The smallest absolute Gasteiger partial charge is 0.315 e. The largest absolute Gasteiger partial charge is 0.407 e. The average molecular weight is 228 g/mol. The Bertz CT molecular complexity index is 357. The van der Waals surface area contributed by atoms with Crippen molar-refractivity contribution in [1.29, 1.82) is 0 Å². The van der Waals surface area contributed by atoms with E-state index in [1.807, 2.05) is 0 Å². The number of aromatic nitrogens is 2. The highest BCUT2D eigenvalue weighted by Gasteiger charge is 2.53. The summed E-state index contributed by atoms with van der Waals surface area (Å²) in [5, 5.41) is 10.9. The van der Waals surface area contributed by atoms with Gasteiger partial charge in [0.05, 0.1) is 0 Å². The van der Waals surface area contributed by atoms with E-state index < -0.39 is 0 Å². The van der Waals surface area contributed by atoms with Crippen molar-refractivity contribution < 1.29 is 4.42 Å². The molecule has 0 amide bonds. The molecule has 2 aliphatic rings. The van der Waals surface area contributed by atoms with Crippen molar-refractivity contribution in [2.75, 3.05) is 11.9 Å². The standard InChI is InChI=1S/C10H14ClN3O/c11-5-8-13-14-9(15-8)12-6-10(3-4-10)7-1-2-7/h7H,1-6H2,(H,12,14). The van der Waals surface area contributed by atoms with Gasteiger partial charge in [-0.3, -0.25) is 0 Å². The molecular formula is C10H14ClN3O. The Morgan fingerprint density at radius 2 is 2.20 bits per heavy atom. The molecule has 1 N–H and O–H groups in total. The van der Waals surface area contributed by atoms with Gasteiger partial charge in [0, 0.05) is 6.54 Å². The second-order valence-electron chi connectivity index (χ2n) is 4.62. The van der Waals surface area contributed by atoms with Gasteiger partial charge in [0.2, 0.25) is 5.89 Å². The predicted molar refractivity (Wildman–Crippen MR) is 56.7 cm³/mol. The van der Waals surface area contributed by atoms with Crippen LogP contribution in [0.4, 0.5) is 6.01 Å². The van der Waals surface area contributed by atoms with E-state index in [1.165, 1.54) is 25.7 Å². The first kappa shape index (κ1) is 9.46. The minimum atomic E-state index is 0.280. The molecule has 0 atom stereocenters. The number of rotatable bonds is 5. The molecular weight excluding hydrogens is 214 g/mol. The van der Waals surface area contributed by atoms with Crippen LogP contribution in [0.15, 0.2) is 4.42 Å². The van der Waals surface area contributed by atoms with Gasteiger partial charge in [0.15, 0.2) is 0 Å². The summed E-state index contributed by atoms with van der Waals surface area (Å²) in [6.07, 6.45) is 5.50. The van der Waals surface area contributed by atoms with E-state index in [0.29, 0.717) is 17.3 Å². The Kier molecular flexibility index (Phi) is 2.12. The Morgan fingerprint density at radius 3 is 2.73 bits per heavy atom. The zero-order valence-electron chi connectivity index (χ0n) is 8.50. The summed E-state index contributed by atoms with van der Waals surface area (Å²) in [5.41, 5.74) is 0.551. The summed E-state index contributed by atoms with van der Waals surface area (Å²) in [4.78, 5) is 0. The SMILES string of the molecule is ClCc1nnc(NCC2(C3CC3)CC2)o1. The second kappa shape index (κ2) is 3.37. The normalized spacial score (nSPS) is 22.7. The molecule has 0 aliphatic heterocycles. The summed E-state index contributed by atoms with van der Waals surface area (Å²) in [5.74, 6) is 1.71. The van der Waals surface area contributed by atoms with E-state index in [2.05, 4.69) is 15.5 Å². The Balaban J connectivity index is 1.57. The van der Waals surface area contributed by atoms with Crippen LogP contribution in [0.1, 0.15) is 31.6 Å². The van der Waals surface area contributed by atoms with Gasteiger partial charge in [-0.15, -0.1) is 16.7 Å². The van der Waals surface area contributed by atoms with Gasteiger partial charge in [0.25, 0.3) is 0 Å². The van der Waals surface area contributed by atoms with Gasteiger partial charge in [-0.05, 0) is 37.0 Å². The van der Waals surface area contributed by atoms with E-state index >= 15 is 0 Å². The molecule has 1 aromatic rings. The molecule has 0 spiro atoms. The van der Waals surface area contributed by atoms with E-state index in [1.54, 1.807) is 0 Å². The van der Waals surface area contributed by atoms with Crippen molar-refractivity contribution in [3.63, 3.8) is 0 Å². The molecule has 3 rings (SSSR count). The summed E-state index contributed by atoms with van der Waals surface area (Å²) in [6, 6.07) is 0.512. The molecule has 5 heteroatoms. The van der Waals surface area contributed by atoms with Crippen LogP contribution in [0.5, 0.6) is 0 Å². The number of nitrogens with one attached hydrogen (secondary N) is 1. The van der Waals surface area contributed by atoms with E-state index in [4.69, 9.17) is 16.0 Å². The van der Waals surface area contributed by atoms with E-state index in [9.17, 15) is 0 Å². The number of hydrogen-bond donors (Lipinski definition) is 1. The number of anilines is 1. The van der Waals surface area contributed by atoms with Crippen molar-refractivity contribution in [1.82, 2.24) is 10.2 Å². The lowest BCUT2D eigenvalue weighted by Gasteiger charge is -2.12. The van der Waals surface area contributed by atoms with Gasteiger partial charge in [-0.25, -0.2) is 0 Å². The Labute approximate surface area is 93.4 Å². The Hall–Kier alpha value is -0.770. The fraction of sp³-hybridized carbons (Fsp3) is 0.800. The molecule has 4 nitrogen and oxygen atoms in total. The van der Waals surface area contributed by atoms with Crippen molar-refractivity contribution >= 4 is 17.6 Å². The summed E-state index contributed by atoms with van der Waals surface area (Å²) in [7, 11) is 0. The minimum absolute atomic E-state index is 0.280. The van der Waals surface area contributed by atoms with Crippen LogP contribution in [0.2, 0.25) is 0 Å². The van der Waals surface area contributed by atoms with E-state index in [-0.39, 0.29) is 5.88 Å². The van der Waals surface area contributed by atoms with Crippen LogP contribution >= 0.6 is 11.6 Å². The first-order valence-electron chi connectivity index (χ1n) is 5.45. The van der Waals surface area contributed by atoms with Crippen molar-refractivity contribution in [3.8, 4) is 0 Å². The third kappa shape index (κ3) is 1.83. The van der Waals surface area contributed by atoms with E-state index in [0.717, 1.165) is 12.5 Å². The lowest BCUT2D eigenvalue weighted by molar-refractivity contribution is 0.453. The fourth-order valence-corrected chi connectivity index (χ4v) is 2.32. The maximum absolute atomic E-state index is 5.58. The fourth-order valence-electron chi connectivity index (χ4n) is 2.22. The van der Waals surface area contributed by atoms with Crippen LogP contribution in [0.3, 0.4) is 0 Å². The minimum Gasteiger partial charge on any atom is -0.407 e. The lowest BCUT2D eigenvalue weighted by Crippen LogP contribution is -2.17. The second-order valence-corrected chi connectivity index (χ2v) is 4.89. The van der Waals surface area contributed by atoms with Crippen LogP contribution in [0.25, 0.3) is 0 Å². The number of alkyl halides is 1. The number of halogens is 1. The molecule has 82 valence electrons. The first-order valence-corrected chi connectivity index (χ1v) is 5.98. The van der Waals surface area contributed by atoms with Crippen molar-refractivity contribution in [3.05, 3.63) is 5.89 Å². The zero-order chi connectivity index (χ0) is 10.3. The van der Waals surface area contributed by atoms with Crippen LogP contribution in [-0.4, -0.2) is 16.7 Å². The summed E-state index contributed by atoms with van der Waals surface area (Å²) in [6.45, 7) is 0.974. The molecule has 0 radical (unpaired) electrons. The van der Waals surface area contributed by atoms with Gasteiger partial charge in [-0.2, -0.15) is 0 Å². The average Bonchev–Trinajstić information content (AvgIpc) is 3.13. The molecule has 1 aromatic heterocycles. The topological polar surface area (TPSA) is 51.0 Å². The summed E-state index contributed by atoms with van der Waals surface area (Å²) >= 11 is 5.58. The van der Waals surface area contributed by atoms with Crippen molar-refractivity contribution in [2.24, 2.45) is 11.3 Å². The number of nitrogens with zero attached hydrogens (tertiary/aromatic N) is 2.